The van der Waals surface area contributed by atoms with Gasteiger partial charge in [-0.2, -0.15) is 0 Å². The minimum absolute atomic E-state index is 0.205. The molecule has 0 saturated carbocycles. The van der Waals surface area contributed by atoms with Crippen LogP contribution in [-0.2, 0) is 14.3 Å². The number of nitrogens with two attached hydrogens (primary N) is 1. The van der Waals surface area contributed by atoms with Gasteiger partial charge in [0.2, 0.25) is 5.76 Å². The smallest absolute Gasteiger partial charge is 0.295 e. The van der Waals surface area contributed by atoms with Gasteiger partial charge in [0, 0.05) is 7.11 Å². The first-order chi connectivity index (χ1) is 7.57. The van der Waals surface area contributed by atoms with Gasteiger partial charge in [0.1, 0.15) is 0 Å². The van der Waals surface area contributed by atoms with Gasteiger partial charge < -0.3 is 14.9 Å². The molecule has 1 aliphatic heterocycles. The maximum Gasteiger partial charge on any atom is 0.295 e. The fourth-order valence-corrected chi connectivity index (χ4v) is 1.00. The van der Waals surface area contributed by atoms with Gasteiger partial charge in [0.25, 0.3) is 11.8 Å². The third-order valence-corrected chi connectivity index (χ3v) is 1.71. The van der Waals surface area contributed by atoms with Crippen LogP contribution in [0.2, 0.25) is 0 Å². The largest absolute Gasteiger partial charge is 0.501 e. The van der Waals surface area contributed by atoms with E-state index in [2.05, 4.69) is 0 Å². The number of aliphatic hydroxyl groups excluding tert-OH is 1. The van der Waals surface area contributed by atoms with Crippen LogP contribution in [-0.4, -0.2) is 42.2 Å². The van der Waals surface area contributed by atoms with Crippen LogP contribution in [0.1, 0.15) is 13.8 Å². The number of methoxy groups -OCH3 is 1. The second-order valence-electron chi connectivity index (χ2n) is 2.67. The average molecular weight is 231 g/mol. The van der Waals surface area contributed by atoms with Gasteiger partial charge in [-0.25, -0.2) is 5.84 Å². The van der Waals surface area contributed by atoms with E-state index in [1.807, 2.05) is 19.2 Å². The van der Waals surface area contributed by atoms with Crippen LogP contribution in [0.15, 0.2) is 11.5 Å². The van der Waals surface area contributed by atoms with Crippen molar-refractivity contribution in [2.24, 2.45) is 5.84 Å². The topological polar surface area (TPSA) is 105 Å². The lowest BCUT2D eigenvalue weighted by Crippen LogP contribution is -2.38. The molecule has 2 amide bonds. The molecule has 16 heavy (non-hydrogen) atoms. The van der Waals surface area contributed by atoms with Gasteiger partial charge in [0.15, 0.2) is 5.70 Å². The number of aliphatic hydroxyl groups is 1. The minimum Gasteiger partial charge on any atom is -0.501 e. The number of ether oxygens (including phenoxy) is 1. The van der Waals surface area contributed by atoms with Crippen LogP contribution in [0.4, 0.5) is 0 Å². The summed E-state index contributed by atoms with van der Waals surface area (Å²) in [5, 5.41) is 12.1. The highest BCUT2D eigenvalue weighted by Crippen LogP contribution is 2.11. The third kappa shape index (κ3) is 3.21. The first-order valence-corrected chi connectivity index (χ1v) is 4.88. The second-order valence-corrected chi connectivity index (χ2v) is 2.67. The van der Waals surface area contributed by atoms with E-state index >= 15 is 0 Å². The van der Waals surface area contributed by atoms with Crippen molar-refractivity contribution in [3.8, 4) is 0 Å². The van der Waals surface area contributed by atoms with Gasteiger partial charge in [-0.1, -0.05) is 13.8 Å². The van der Waals surface area contributed by atoms with Crippen molar-refractivity contribution in [1.82, 2.24) is 10.3 Å². The highest BCUT2D eigenvalue weighted by atomic mass is 16.5. The average Bonchev–Trinajstić information content (AvgIpc) is 2.53. The molecule has 0 aromatic carbocycles. The van der Waals surface area contributed by atoms with Crippen molar-refractivity contribution < 1.29 is 19.4 Å². The number of amides is 2. The molecule has 0 saturated heterocycles. The Morgan fingerprint density at radius 2 is 1.94 bits per heavy atom. The molecule has 0 bridgehead atoms. The van der Waals surface area contributed by atoms with Crippen molar-refractivity contribution in [2.45, 2.75) is 13.8 Å². The van der Waals surface area contributed by atoms with Crippen LogP contribution in [0.25, 0.3) is 0 Å². The van der Waals surface area contributed by atoms with Gasteiger partial charge in [0.05, 0.1) is 13.2 Å². The van der Waals surface area contributed by atoms with Crippen molar-refractivity contribution in [3.63, 3.8) is 0 Å². The number of nitrogens with one attached hydrogen (secondary N) is 1. The molecule has 0 spiro atoms. The second kappa shape index (κ2) is 6.81. The summed E-state index contributed by atoms with van der Waals surface area (Å²) < 4.78 is 4.73. The molecule has 0 unspecified atom stereocenters. The monoisotopic (exact) mass is 231 g/mol. The predicted octanol–water partition coefficient (Wildman–Crippen LogP) is -0.739. The Morgan fingerprint density at radius 3 is 2.31 bits per heavy atom. The van der Waals surface area contributed by atoms with Crippen LogP contribution in [0.3, 0.4) is 0 Å². The Hall–Kier alpha value is -1.60. The number of imide groups is 1. The summed E-state index contributed by atoms with van der Waals surface area (Å²) in [6.45, 7) is 4.49. The maximum absolute atomic E-state index is 11.1. The van der Waals surface area contributed by atoms with E-state index in [1.54, 1.807) is 0 Å². The van der Waals surface area contributed by atoms with Gasteiger partial charge in [-0.3, -0.25) is 14.9 Å². The molecule has 92 valence electrons. The lowest BCUT2D eigenvalue weighted by molar-refractivity contribution is -0.125. The predicted molar refractivity (Wildman–Crippen MR) is 56.9 cm³/mol. The van der Waals surface area contributed by atoms with Crippen LogP contribution in [0, 0.1) is 0 Å². The molecule has 0 aromatic heterocycles. The number of carbonyl (C=O) groups is 2. The van der Waals surface area contributed by atoms with Crippen molar-refractivity contribution in [2.75, 3.05) is 20.3 Å². The number of hydrogen-bond acceptors (Lipinski definition) is 6. The number of carbonyl (C=O) groups excluding carboxylic acids is 2. The molecule has 0 radical (unpaired) electrons. The lowest BCUT2D eigenvalue weighted by atomic mass is 10.4. The molecule has 1 heterocycles. The Bertz CT molecular complexity index is 301. The zero-order valence-corrected chi connectivity index (χ0v) is 9.61. The van der Waals surface area contributed by atoms with E-state index in [0.717, 1.165) is 5.01 Å². The van der Waals surface area contributed by atoms with Crippen LogP contribution in [0.5, 0.6) is 0 Å². The van der Waals surface area contributed by atoms with Gasteiger partial charge in [-0.05, 0) is 0 Å². The number of nitrogens with zero attached hydrogens (tertiary/aromatic N) is 1. The van der Waals surface area contributed by atoms with E-state index in [9.17, 15) is 14.7 Å². The Labute approximate surface area is 93.8 Å². The van der Waals surface area contributed by atoms with Crippen molar-refractivity contribution in [3.05, 3.63) is 11.5 Å². The molecule has 7 nitrogen and oxygen atoms in total. The SMILES string of the molecule is CC.COCCN(N)C1=C(O)C(=O)NC1=O. The Kier molecular flexibility index (Phi) is 6.12. The highest BCUT2D eigenvalue weighted by Gasteiger charge is 2.32. The zero-order valence-electron chi connectivity index (χ0n) is 9.61. The third-order valence-electron chi connectivity index (χ3n) is 1.71. The molecule has 0 aromatic rings. The first kappa shape index (κ1) is 14.4. The van der Waals surface area contributed by atoms with E-state index in [-0.39, 0.29) is 18.8 Å². The van der Waals surface area contributed by atoms with Crippen LogP contribution >= 0.6 is 0 Å². The van der Waals surface area contributed by atoms with Crippen LogP contribution < -0.4 is 11.2 Å². The number of hydrogen-bond donors (Lipinski definition) is 3. The van der Waals surface area contributed by atoms with Gasteiger partial charge in [-0.15, -0.1) is 0 Å². The maximum atomic E-state index is 11.1. The standard InChI is InChI=1S/C7H11N3O4.C2H6/c1-14-3-2-10(8)4-5(11)7(13)9-6(4)12;1-2/h2-3,8H2,1H3,(H2,9,11,12,13);1-2H3. The number of rotatable bonds is 4. The normalized spacial score (nSPS) is 14.5. The molecule has 0 atom stereocenters. The lowest BCUT2D eigenvalue weighted by Gasteiger charge is -2.16. The summed E-state index contributed by atoms with van der Waals surface area (Å²) in [5.74, 6) is 3.23. The Balaban J connectivity index is 0.00000106. The molecule has 1 rings (SSSR count). The van der Waals surface area contributed by atoms with Gasteiger partial charge >= 0.3 is 0 Å². The highest BCUT2D eigenvalue weighted by molar-refractivity contribution is 6.17. The summed E-state index contributed by atoms with van der Waals surface area (Å²) in [4.78, 5) is 21.9. The first-order valence-electron chi connectivity index (χ1n) is 4.88. The molecule has 0 aliphatic carbocycles. The summed E-state index contributed by atoms with van der Waals surface area (Å²) in [6, 6.07) is 0. The summed E-state index contributed by atoms with van der Waals surface area (Å²) in [5.41, 5.74) is -0.230. The number of hydrazine groups is 1. The fraction of sp³-hybridized carbons (Fsp3) is 0.556. The molecule has 4 N–H and O–H groups in total. The molecule has 7 heteroatoms. The quantitative estimate of drug-likeness (QED) is 0.334. The van der Waals surface area contributed by atoms with E-state index < -0.39 is 17.6 Å². The van der Waals surface area contributed by atoms with E-state index in [0.29, 0.717) is 0 Å². The molecular weight excluding hydrogens is 214 g/mol. The van der Waals surface area contributed by atoms with E-state index in [1.165, 1.54) is 7.11 Å². The summed E-state index contributed by atoms with van der Waals surface area (Å²) in [7, 11) is 1.47. The molecule has 0 fully saturated rings. The van der Waals surface area contributed by atoms with Crippen molar-refractivity contribution >= 4 is 11.8 Å². The fourth-order valence-electron chi connectivity index (χ4n) is 1.00. The molecule has 1 aliphatic rings. The molecular formula is C9H17N3O4. The summed E-state index contributed by atoms with van der Waals surface area (Å²) in [6.07, 6.45) is 0. The zero-order chi connectivity index (χ0) is 12.7. The van der Waals surface area contributed by atoms with E-state index in [4.69, 9.17) is 10.6 Å². The summed E-state index contributed by atoms with van der Waals surface area (Å²) >= 11 is 0. The minimum atomic E-state index is -0.835. The van der Waals surface area contributed by atoms with Crippen molar-refractivity contribution in [1.29, 1.82) is 0 Å². The Morgan fingerprint density at radius 1 is 1.38 bits per heavy atom.